The number of imidazole rings is 1. The highest BCUT2D eigenvalue weighted by molar-refractivity contribution is 7.99. The molecule has 84 valence electrons. The highest BCUT2D eigenvalue weighted by atomic mass is 32.2. The Kier molecular flexibility index (Phi) is 2.45. The molecular weight excluding hydrogens is 232 g/mol. The molecule has 0 bridgehead atoms. The topological polar surface area (TPSA) is 67.6 Å². The highest BCUT2D eigenvalue weighted by Crippen LogP contribution is 2.31. The van der Waals surface area contributed by atoms with Gasteiger partial charge >= 0.3 is 0 Å². The maximum atomic E-state index is 5.74. The number of nitrogens with one attached hydrogen (secondary N) is 1. The number of pyridine rings is 1. The Morgan fingerprint density at radius 2 is 2.06 bits per heavy atom. The minimum absolute atomic E-state index is 0.727. The summed E-state index contributed by atoms with van der Waals surface area (Å²) in [6.07, 6.45) is 5.33. The molecule has 5 heteroatoms. The Labute approximate surface area is 102 Å². The fraction of sp³-hybridized carbons (Fsp3) is 0. The number of hydrogen-bond donors (Lipinski definition) is 2. The number of anilines is 1. The van der Waals surface area contributed by atoms with E-state index in [-0.39, 0.29) is 0 Å². The van der Waals surface area contributed by atoms with E-state index >= 15 is 0 Å². The van der Waals surface area contributed by atoms with Crippen molar-refractivity contribution in [3.63, 3.8) is 0 Å². The van der Waals surface area contributed by atoms with Gasteiger partial charge in [0.25, 0.3) is 0 Å². The molecule has 3 N–H and O–H groups in total. The van der Waals surface area contributed by atoms with E-state index < -0.39 is 0 Å². The van der Waals surface area contributed by atoms with Crippen LogP contribution in [0.15, 0.2) is 52.9 Å². The van der Waals surface area contributed by atoms with E-state index in [1.165, 1.54) is 0 Å². The minimum Gasteiger partial charge on any atom is -0.399 e. The number of rotatable bonds is 2. The lowest BCUT2D eigenvalue weighted by molar-refractivity contribution is 1.06. The van der Waals surface area contributed by atoms with Gasteiger partial charge in [0.05, 0.1) is 5.52 Å². The second-order valence-corrected chi connectivity index (χ2v) is 4.61. The van der Waals surface area contributed by atoms with Crippen LogP contribution in [-0.4, -0.2) is 15.0 Å². The fourth-order valence-corrected chi connectivity index (χ4v) is 2.50. The van der Waals surface area contributed by atoms with Gasteiger partial charge in [-0.1, -0.05) is 11.8 Å². The molecular formula is C12H10N4S. The van der Waals surface area contributed by atoms with Gasteiger partial charge in [-0.3, -0.25) is 4.98 Å². The zero-order valence-corrected chi connectivity index (χ0v) is 9.74. The van der Waals surface area contributed by atoms with Crippen molar-refractivity contribution >= 4 is 28.4 Å². The summed E-state index contributed by atoms with van der Waals surface area (Å²) in [5, 5.41) is 1.96. The van der Waals surface area contributed by atoms with E-state index in [0.717, 1.165) is 26.6 Å². The van der Waals surface area contributed by atoms with Crippen molar-refractivity contribution in [2.75, 3.05) is 5.73 Å². The first kappa shape index (κ1) is 10.2. The second-order valence-electron chi connectivity index (χ2n) is 3.58. The first-order valence-electron chi connectivity index (χ1n) is 5.14. The van der Waals surface area contributed by atoms with E-state index in [2.05, 4.69) is 15.0 Å². The van der Waals surface area contributed by atoms with Gasteiger partial charge in [0.2, 0.25) is 0 Å². The van der Waals surface area contributed by atoms with Crippen LogP contribution in [0.5, 0.6) is 0 Å². The molecule has 3 aromatic rings. The Morgan fingerprint density at radius 1 is 1.12 bits per heavy atom. The van der Waals surface area contributed by atoms with Crippen molar-refractivity contribution in [1.82, 2.24) is 15.0 Å². The predicted molar refractivity (Wildman–Crippen MR) is 68.9 cm³/mol. The average molecular weight is 242 g/mol. The molecule has 0 spiro atoms. The normalized spacial score (nSPS) is 10.8. The summed E-state index contributed by atoms with van der Waals surface area (Å²) in [7, 11) is 0. The van der Waals surface area contributed by atoms with Gasteiger partial charge in [-0.25, -0.2) is 4.98 Å². The Morgan fingerprint density at radius 3 is 2.88 bits per heavy atom. The molecule has 4 nitrogen and oxygen atoms in total. The number of fused-ring (bicyclic) bond motifs is 1. The molecule has 0 unspecified atom stereocenters. The predicted octanol–water partition coefficient (Wildman–Crippen LogP) is 2.69. The van der Waals surface area contributed by atoms with Crippen molar-refractivity contribution in [3.8, 4) is 0 Å². The maximum Gasteiger partial charge on any atom is 0.170 e. The smallest absolute Gasteiger partial charge is 0.170 e. The average Bonchev–Trinajstić information content (AvgIpc) is 2.82. The molecule has 2 aromatic heterocycles. The molecule has 1 aromatic carbocycles. The zero-order valence-electron chi connectivity index (χ0n) is 8.92. The molecule has 0 saturated heterocycles. The van der Waals surface area contributed by atoms with Gasteiger partial charge in [-0.2, -0.15) is 0 Å². The highest BCUT2D eigenvalue weighted by Gasteiger charge is 2.05. The number of hydrogen-bond acceptors (Lipinski definition) is 4. The van der Waals surface area contributed by atoms with Gasteiger partial charge in [0.15, 0.2) is 5.16 Å². The second kappa shape index (κ2) is 4.10. The maximum absolute atomic E-state index is 5.74. The molecule has 0 radical (unpaired) electrons. The van der Waals surface area contributed by atoms with Crippen LogP contribution >= 0.6 is 11.8 Å². The van der Waals surface area contributed by atoms with Crippen LogP contribution < -0.4 is 5.73 Å². The van der Waals surface area contributed by atoms with Crippen molar-refractivity contribution in [1.29, 1.82) is 0 Å². The molecule has 0 atom stereocenters. The third kappa shape index (κ3) is 1.97. The lowest BCUT2D eigenvalue weighted by Crippen LogP contribution is -1.87. The minimum atomic E-state index is 0.727. The summed E-state index contributed by atoms with van der Waals surface area (Å²) in [4.78, 5) is 12.7. The van der Waals surface area contributed by atoms with E-state index in [1.54, 1.807) is 24.2 Å². The largest absolute Gasteiger partial charge is 0.399 e. The Balaban J connectivity index is 2.10. The van der Waals surface area contributed by atoms with Gasteiger partial charge in [-0.15, -0.1) is 0 Å². The third-order valence-corrected chi connectivity index (χ3v) is 3.40. The number of nitrogen functional groups attached to an aromatic ring is 1. The molecule has 17 heavy (non-hydrogen) atoms. The molecule has 0 saturated carbocycles. The quantitative estimate of drug-likeness (QED) is 0.678. The molecule has 3 rings (SSSR count). The number of H-pyrrole nitrogens is 1. The van der Waals surface area contributed by atoms with E-state index in [0.29, 0.717) is 0 Å². The standard InChI is InChI=1S/C12H10N4S/c13-8-1-2-9-10(7-8)14-4-3-11(9)17-12-15-5-6-16-12/h1-7H,13H2,(H,15,16). The lowest BCUT2D eigenvalue weighted by atomic mass is 10.2. The monoisotopic (exact) mass is 242 g/mol. The summed E-state index contributed by atoms with van der Waals surface area (Å²) in [5.41, 5.74) is 7.38. The van der Waals surface area contributed by atoms with Crippen molar-refractivity contribution in [3.05, 3.63) is 42.9 Å². The molecule has 0 amide bonds. The molecule has 0 aliphatic rings. The Bertz CT molecular complexity index is 649. The summed E-state index contributed by atoms with van der Waals surface area (Å²) >= 11 is 1.58. The van der Waals surface area contributed by atoms with Crippen molar-refractivity contribution in [2.24, 2.45) is 0 Å². The van der Waals surface area contributed by atoms with E-state index in [1.807, 2.05) is 30.5 Å². The van der Waals surface area contributed by atoms with Gasteiger partial charge in [0, 0.05) is 34.6 Å². The summed E-state index contributed by atoms with van der Waals surface area (Å²) in [5.74, 6) is 0. The van der Waals surface area contributed by atoms with Crippen LogP contribution in [0, 0.1) is 0 Å². The van der Waals surface area contributed by atoms with Gasteiger partial charge in [-0.05, 0) is 24.3 Å². The number of aromatic amines is 1. The number of aromatic nitrogens is 3. The fourth-order valence-electron chi connectivity index (χ4n) is 1.64. The van der Waals surface area contributed by atoms with Crippen LogP contribution in [-0.2, 0) is 0 Å². The van der Waals surface area contributed by atoms with E-state index in [9.17, 15) is 0 Å². The van der Waals surface area contributed by atoms with Crippen LogP contribution in [0.1, 0.15) is 0 Å². The summed E-state index contributed by atoms with van der Waals surface area (Å²) in [6.45, 7) is 0. The van der Waals surface area contributed by atoms with E-state index in [4.69, 9.17) is 5.73 Å². The first-order chi connectivity index (χ1) is 8.33. The lowest BCUT2D eigenvalue weighted by Gasteiger charge is -2.04. The SMILES string of the molecule is Nc1ccc2c(Sc3ncc[nH]3)ccnc2c1. The van der Waals surface area contributed by atoms with Crippen LogP contribution in [0.4, 0.5) is 5.69 Å². The van der Waals surface area contributed by atoms with Crippen LogP contribution in [0.3, 0.4) is 0 Å². The molecule has 0 fully saturated rings. The Hall–Kier alpha value is -2.01. The first-order valence-corrected chi connectivity index (χ1v) is 5.96. The number of benzene rings is 1. The number of nitrogens with two attached hydrogens (primary N) is 1. The molecule has 0 aliphatic heterocycles. The van der Waals surface area contributed by atoms with Crippen molar-refractivity contribution in [2.45, 2.75) is 10.1 Å². The van der Waals surface area contributed by atoms with Crippen LogP contribution in [0.25, 0.3) is 10.9 Å². The summed E-state index contributed by atoms with van der Waals surface area (Å²) < 4.78 is 0. The number of nitrogens with zero attached hydrogens (tertiary/aromatic N) is 2. The van der Waals surface area contributed by atoms with Gasteiger partial charge in [0.1, 0.15) is 0 Å². The van der Waals surface area contributed by atoms with Crippen molar-refractivity contribution < 1.29 is 0 Å². The molecule has 0 aliphatic carbocycles. The van der Waals surface area contributed by atoms with Crippen LogP contribution in [0.2, 0.25) is 0 Å². The van der Waals surface area contributed by atoms with Gasteiger partial charge < -0.3 is 10.7 Å². The summed E-state index contributed by atoms with van der Waals surface area (Å²) in [6, 6.07) is 7.73. The third-order valence-electron chi connectivity index (χ3n) is 2.41. The zero-order chi connectivity index (χ0) is 11.7. The molecule has 2 heterocycles.